The zero-order chi connectivity index (χ0) is 14.7. The molecule has 0 saturated carbocycles. The number of hydrogen-bond acceptors (Lipinski definition) is 3. The van der Waals surface area contributed by atoms with E-state index in [1.807, 2.05) is 32.0 Å². The number of halogens is 1. The summed E-state index contributed by atoms with van der Waals surface area (Å²) >= 11 is 6.17. The molecule has 0 aliphatic heterocycles. The van der Waals surface area contributed by atoms with Crippen LogP contribution in [0.5, 0.6) is 0 Å². The molecule has 2 aromatic rings. The van der Waals surface area contributed by atoms with Gasteiger partial charge in [0.05, 0.1) is 27.2 Å². The van der Waals surface area contributed by atoms with Crippen LogP contribution in [0.1, 0.15) is 24.1 Å². The molecular formula is C15H15ClN2O2. The summed E-state index contributed by atoms with van der Waals surface area (Å²) in [4.78, 5) is 10.7. The Hall–Kier alpha value is -2.07. The highest BCUT2D eigenvalue weighted by molar-refractivity contribution is 6.33. The van der Waals surface area contributed by atoms with Gasteiger partial charge in [-0.2, -0.15) is 0 Å². The number of nitro benzene ring substituents is 1. The highest BCUT2D eigenvalue weighted by Gasteiger charge is 2.18. The molecule has 0 heterocycles. The standard InChI is InChI=1S/C15H15ClN2O2/c1-10-7-8-14(13(16)9-10)17-11(2)12-5-3-4-6-15(12)18(19)20/h3-9,11,17H,1-2H3. The van der Waals surface area contributed by atoms with Gasteiger partial charge in [0.15, 0.2) is 0 Å². The minimum absolute atomic E-state index is 0.107. The second kappa shape index (κ2) is 5.92. The Morgan fingerprint density at radius 2 is 1.95 bits per heavy atom. The molecular weight excluding hydrogens is 276 g/mol. The number of rotatable bonds is 4. The largest absolute Gasteiger partial charge is 0.377 e. The second-order valence-corrected chi connectivity index (χ2v) is 5.07. The number of nitro groups is 1. The van der Waals surface area contributed by atoms with Crippen LogP contribution in [-0.4, -0.2) is 4.92 Å². The van der Waals surface area contributed by atoms with Crippen molar-refractivity contribution in [2.24, 2.45) is 0 Å². The smallest absolute Gasteiger partial charge is 0.274 e. The number of nitrogens with one attached hydrogen (secondary N) is 1. The topological polar surface area (TPSA) is 55.2 Å². The van der Waals surface area contributed by atoms with Crippen molar-refractivity contribution in [3.63, 3.8) is 0 Å². The average molecular weight is 291 g/mol. The van der Waals surface area contributed by atoms with Gasteiger partial charge in [0.2, 0.25) is 0 Å². The summed E-state index contributed by atoms with van der Waals surface area (Å²) in [6.45, 7) is 3.83. The Morgan fingerprint density at radius 1 is 1.25 bits per heavy atom. The highest BCUT2D eigenvalue weighted by Crippen LogP contribution is 2.30. The summed E-state index contributed by atoms with van der Waals surface area (Å²) in [5, 5.41) is 14.9. The van der Waals surface area contributed by atoms with Crippen LogP contribution >= 0.6 is 11.6 Å². The van der Waals surface area contributed by atoms with Crippen LogP contribution in [0.2, 0.25) is 5.02 Å². The van der Waals surface area contributed by atoms with Crippen molar-refractivity contribution in [2.45, 2.75) is 19.9 Å². The molecule has 5 heteroatoms. The highest BCUT2D eigenvalue weighted by atomic mass is 35.5. The quantitative estimate of drug-likeness (QED) is 0.654. The summed E-state index contributed by atoms with van der Waals surface area (Å²) < 4.78 is 0. The van der Waals surface area contributed by atoms with E-state index in [4.69, 9.17) is 11.6 Å². The first-order valence-corrected chi connectivity index (χ1v) is 6.63. The fraction of sp³-hybridized carbons (Fsp3) is 0.200. The zero-order valence-electron chi connectivity index (χ0n) is 11.3. The third kappa shape index (κ3) is 3.08. The second-order valence-electron chi connectivity index (χ2n) is 4.67. The van der Waals surface area contributed by atoms with Crippen LogP contribution in [0.3, 0.4) is 0 Å². The van der Waals surface area contributed by atoms with E-state index in [-0.39, 0.29) is 16.7 Å². The molecule has 2 aromatic carbocycles. The Kier molecular flexibility index (Phi) is 4.25. The lowest BCUT2D eigenvalue weighted by atomic mass is 10.1. The molecule has 0 spiro atoms. The van der Waals surface area contributed by atoms with Gasteiger partial charge in [-0.1, -0.05) is 35.9 Å². The monoisotopic (exact) mass is 290 g/mol. The Morgan fingerprint density at radius 3 is 2.60 bits per heavy atom. The van der Waals surface area contributed by atoms with Crippen LogP contribution < -0.4 is 5.32 Å². The Bertz CT molecular complexity index is 644. The Labute approximate surface area is 122 Å². The fourth-order valence-electron chi connectivity index (χ4n) is 2.07. The molecule has 1 N–H and O–H groups in total. The molecule has 0 aliphatic rings. The lowest BCUT2D eigenvalue weighted by Crippen LogP contribution is -2.09. The zero-order valence-corrected chi connectivity index (χ0v) is 12.0. The van der Waals surface area contributed by atoms with E-state index < -0.39 is 0 Å². The number of hydrogen-bond donors (Lipinski definition) is 1. The predicted molar refractivity (Wildman–Crippen MR) is 81.3 cm³/mol. The van der Waals surface area contributed by atoms with Gasteiger partial charge in [0.25, 0.3) is 5.69 Å². The van der Waals surface area contributed by atoms with Crippen LogP contribution in [-0.2, 0) is 0 Å². The van der Waals surface area contributed by atoms with Crippen molar-refractivity contribution in [1.29, 1.82) is 0 Å². The molecule has 0 radical (unpaired) electrons. The number of anilines is 1. The summed E-state index contributed by atoms with van der Waals surface area (Å²) in [6.07, 6.45) is 0. The summed E-state index contributed by atoms with van der Waals surface area (Å²) in [6, 6.07) is 12.2. The first kappa shape index (κ1) is 14.3. The third-order valence-corrected chi connectivity index (χ3v) is 3.41. The summed E-state index contributed by atoms with van der Waals surface area (Å²) in [5.74, 6) is 0. The van der Waals surface area contributed by atoms with Crippen molar-refractivity contribution in [2.75, 3.05) is 5.32 Å². The van der Waals surface area contributed by atoms with Gasteiger partial charge < -0.3 is 5.32 Å². The van der Waals surface area contributed by atoms with Gasteiger partial charge in [0.1, 0.15) is 0 Å². The van der Waals surface area contributed by atoms with Gasteiger partial charge in [-0.25, -0.2) is 0 Å². The van der Waals surface area contributed by atoms with Gasteiger partial charge in [0, 0.05) is 6.07 Å². The van der Waals surface area contributed by atoms with Crippen LogP contribution in [0, 0.1) is 17.0 Å². The molecule has 4 nitrogen and oxygen atoms in total. The maximum absolute atomic E-state index is 11.0. The van der Waals surface area contributed by atoms with Crippen molar-refractivity contribution in [3.05, 3.63) is 68.7 Å². The van der Waals surface area contributed by atoms with E-state index in [9.17, 15) is 10.1 Å². The van der Waals surface area contributed by atoms with Gasteiger partial charge in [-0.3, -0.25) is 10.1 Å². The predicted octanol–water partition coefficient (Wildman–Crippen LogP) is 4.73. The molecule has 20 heavy (non-hydrogen) atoms. The van der Waals surface area contributed by atoms with Crippen molar-refractivity contribution in [3.8, 4) is 0 Å². The van der Waals surface area contributed by atoms with Gasteiger partial charge in [-0.15, -0.1) is 0 Å². The summed E-state index contributed by atoms with van der Waals surface area (Å²) in [5.41, 5.74) is 2.58. The van der Waals surface area contributed by atoms with Crippen LogP contribution in [0.25, 0.3) is 0 Å². The fourth-order valence-corrected chi connectivity index (χ4v) is 2.36. The lowest BCUT2D eigenvalue weighted by molar-refractivity contribution is -0.385. The Balaban J connectivity index is 2.28. The van der Waals surface area contributed by atoms with Crippen LogP contribution in [0.15, 0.2) is 42.5 Å². The minimum Gasteiger partial charge on any atom is -0.377 e. The lowest BCUT2D eigenvalue weighted by Gasteiger charge is -2.17. The molecule has 0 fully saturated rings. The number of aryl methyl sites for hydroxylation is 1. The van der Waals surface area contributed by atoms with E-state index in [2.05, 4.69) is 5.32 Å². The van der Waals surface area contributed by atoms with Crippen molar-refractivity contribution < 1.29 is 4.92 Å². The SMILES string of the molecule is Cc1ccc(NC(C)c2ccccc2[N+](=O)[O-])c(Cl)c1. The number of benzene rings is 2. The van der Waals surface area contributed by atoms with Crippen molar-refractivity contribution >= 4 is 23.0 Å². The first-order chi connectivity index (χ1) is 9.49. The normalized spacial score (nSPS) is 11.9. The number of nitrogens with zero attached hydrogens (tertiary/aromatic N) is 1. The molecule has 104 valence electrons. The molecule has 0 amide bonds. The minimum atomic E-state index is -0.371. The molecule has 0 bridgehead atoms. The maximum Gasteiger partial charge on any atom is 0.274 e. The van der Waals surface area contributed by atoms with Gasteiger partial charge in [-0.05, 0) is 31.5 Å². The molecule has 0 saturated heterocycles. The maximum atomic E-state index is 11.0. The van der Waals surface area contributed by atoms with Crippen molar-refractivity contribution in [1.82, 2.24) is 0 Å². The molecule has 0 aromatic heterocycles. The third-order valence-electron chi connectivity index (χ3n) is 3.10. The van der Waals surface area contributed by atoms with E-state index in [0.29, 0.717) is 10.6 Å². The van der Waals surface area contributed by atoms with E-state index >= 15 is 0 Å². The average Bonchev–Trinajstić information content (AvgIpc) is 2.41. The summed E-state index contributed by atoms with van der Waals surface area (Å²) in [7, 11) is 0. The van der Waals surface area contributed by atoms with E-state index in [1.165, 1.54) is 6.07 Å². The van der Waals surface area contributed by atoms with E-state index in [1.54, 1.807) is 18.2 Å². The van der Waals surface area contributed by atoms with E-state index in [0.717, 1.165) is 11.3 Å². The van der Waals surface area contributed by atoms with Gasteiger partial charge >= 0.3 is 0 Å². The molecule has 1 unspecified atom stereocenters. The molecule has 1 atom stereocenters. The number of para-hydroxylation sites is 1. The first-order valence-electron chi connectivity index (χ1n) is 6.25. The molecule has 2 rings (SSSR count). The van der Waals surface area contributed by atoms with Crippen LogP contribution in [0.4, 0.5) is 11.4 Å². The molecule has 0 aliphatic carbocycles.